The highest BCUT2D eigenvalue weighted by Crippen LogP contribution is 1.84. The predicted octanol–water partition coefficient (Wildman–Crippen LogP) is -0.848. The van der Waals surface area contributed by atoms with Crippen LogP contribution >= 0.6 is 0 Å². The van der Waals surface area contributed by atoms with Crippen LogP contribution in [0.4, 0.5) is 0 Å². The minimum atomic E-state index is -0.145. The summed E-state index contributed by atoms with van der Waals surface area (Å²) >= 11 is 0. The maximum atomic E-state index is 10.7. The molecule has 0 unspecified atom stereocenters. The van der Waals surface area contributed by atoms with Crippen LogP contribution in [0.25, 0.3) is 12.2 Å². The number of nitrogens with zero attached hydrogens (tertiary/aromatic N) is 2. The van der Waals surface area contributed by atoms with Crippen LogP contribution in [0.15, 0.2) is 17.1 Å². The number of fused-ring (bicyclic) bond motifs is 1. The number of hydrogen-bond donors (Lipinski definition) is 1. The molecule has 4 nitrogen and oxygen atoms in total. The van der Waals surface area contributed by atoms with E-state index in [1.807, 2.05) is 0 Å². The number of aromatic nitrogens is 3. The van der Waals surface area contributed by atoms with Crippen molar-refractivity contribution in [1.82, 2.24) is 14.6 Å². The summed E-state index contributed by atoms with van der Waals surface area (Å²) in [7, 11) is 0. The van der Waals surface area contributed by atoms with Crippen molar-refractivity contribution in [1.29, 1.82) is 0 Å². The van der Waals surface area contributed by atoms with Crippen molar-refractivity contribution in [3.63, 3.8) is 0 Å². The van der Waals surface area contributed by atoms with Gasteiger partial charge in [-0.15, -0.1) is 0 Å². The van der Waals surface area contributed by atoms with Gasteiger partial charge >= 0.3 is 0 Å². The van der Waals surface area contributed by atoms with Crippen LogP contribution in [0.5, 0.6) is 0 Å². The lowest BCUT2D eigenvalue weighted by Gasteiger charge is -1.77. The topological polar surface area (TPSA) is 50.2 Å². The maximum Gasteiger partial charge on any atom is 0.266 e. The number of nitrogens with one attached hydrogen (secondary N) is 1. The Morgan fingerprint density at radius 2 is 2.50 bits per heavy atom. The van der Waals surface area contributed by atoms with Gasteiger partial charge < -0.3 is 0 Å². The van der Waals surface area contributed by atoms with Gasteiger partial charge in [0.1, 0.15) is 0 Å². The first-order valence-corrected chi connectivity index (χ1v) is 2.83. The van der Waals surface area contributed by atoms with Gasteiger partial charge in [-0.3, -0.25) is 9.89 Å². The number of rotatable bonds is 0. The summed E-state index contributed by atoms with van der Waals surface area (Å²) in [4.78, 5) is 14.6. The lowest BCUT2D eigenvalue weighted by molar-refractivity contribution is 0.922. The third-order valence-electron chi connectivity index (χ3n) is 1.34. The van der Waals surface area contributed by atoms with Gasteiger partial charge in [-0.25, -0.2) is 9.50 Å². The fourth-order valence-corrected chi connectivity index (χ4v) is 0.894. The molecule has 0 spiro atoms. The fraction of sp³-hybridized carbons (Fsp3) is 0. The van der Waals surface area contributed by atoms with Gasteiger partial charge in [0.05, 0.1) is 11.5 Å². The average molecular weight is 135 g/mol. The third kappa shape index (κ3) is 0.500. The van der Waals surface area contributed by atoms with Crippen LogP contribution < -0.4 is 10.9 Å². The van der Waals surface area contributed by atoms with Crippen molar-refractivity contribution in [2.75, 3.05) is 0 Å². The van der Waals surface area contributed by atoms with E-state index in [2.05, 4.69) is 16.7 Å². The molecule has 1 N–H and O–H groups in total. The molecule has 0 atom stereocenters. The molecule has 2 rings (SSSR count). The van der Waals surface area contributed by atoms with Crippen LogP contribution in [0.2, 0.25) is 0 Å². The van der Waals surface area contributed by atoms with Crippen molar-refractivity contribution in [3.8, 4) is 0 Å². The summed E-state index contributed by atoms with van der Waals surface area (Å²) in [5.74, 6) is 0. The highest BCUT2D eigenvalue weighted by atomic mass is 16.1. The van der Waals surface area contributed by atoms with Crippen molar-refractivity contribution < 1.29 is 0 Å². The summed E-state index contributed by atoms with van der Waals surface area (Å²) in [6, 6.07) is 1.43. The van der Waals surface area contributed by atoms with E-state index in [9.17, 15) is 4.79 Å². The normalized spacial score (nSPS) is 10.8. The molecule has 4 heteroatoms. The van der Waals surface area contributed by atoms with E-state index in [-0.39, 0.29) is 5.56 Å². The van der Waals surface area contributed by atoms with Gasteiger partial charge in [-0.1, -0.05) is 6.58 Å². The van der Waals surface area contributed by atoms with Gasteiger partial charge in [0.15, 0.2) is 5.65 Å². The molecule has 0 aliphatic carbocycles. The van der Waals surface area contributed by atoms with Crippen LogP contribution in [0, 0.1) is 0 Å². The number of H-pyrrole nitrogens is 1. The summed E-state index contributed by atoms with van der Waals surface area (Å²) in [6.45, 7) is 3.65. The van der Waals surface area contributed by atoms with Crippen LogP contribution in [0.1, 0.15) is 0 Å². The zero-order valence-electron chi connectivity index (χ0n) is 5.16. The molecule has 0 amide bonds. The molecule has 0 radical (unpaired) electrons. The highest BCUT2D eigenvalue weighted by Gasteiger charge is 1.96. The molecule has 2 aromatic heterocycles. The first kappa shape index (κ1) is 5.22. The Labute approximate surface area is 55.8 Å². The molecule has 0 aromatic carbocycles. The average Bonchev–Trinajstić information content (AvgIpc) is 2.35. The Kier molecular flexibility index (Phi) is 0.768. The van der Waals surface area contributed by atoms with Gasteiger partial charge in [-0.05, 0) is 0 Å². The lowest BCUT2D eigenvalue weighted by Crippen LogP contribution is -2.09. The van der Waals surface area contributed by atoms with E-state index >= 15 is 0 Å². The highest BCUT2D eigenvalue weighted by molar-refractivity contribution is 5.36. The smallest absolute Gasteiger partial charge is 0.266 e. The maximum absolute atomic E-state index is 10.7. The minimum Gasteiger partial charge on any atom is -0.268 e. The predicted molar refractivity (Wildman–Crippen MR) is 36.6 cm³/mol. The zero-order valence-corrected chi connectivity index (χ0v) is 5.16. The molecule has 50 valence electrons. The number of hydrogen-bond acceptors (Lipinski definition) is 2. The molecule has 0 saturated heterocycles. The molecule has 2 aromatic rings. The van der Waals surface area contributed by atoms with Crippen molar-refractivity contribution in [2.45, 2.75) is 0 Å². The van der Waals surface area contributed by atoms with E-state index in [0.29, 0.717) is 11.0 Å². The second kappa shape index (κ2) is 1.47. The van der Waals surface area contributed by atoms with E-state index in [4.69, 9.17) is 0 Å². The van der Waals surface area contributed by atoms with Crippen LogP contribution in [-0.4, -0.2) is 14.6 Å². The molecular formula is C6H5N3O. The Morgan fingerprint density at radius 3 is 3.20 bits per heavy atom. The molecule has 10 heavy (non-hydrogen) atoms. The third-order valence-corrected chi connectivity index (χ3v) is 1.34. The van der Waals surface area contributed by atoms with E-state index in [0.717, 1.165) is 0 Å². The van der Waals surface area contributed by atoms with Gasteiger partial charge in [0, 0.05) is 6.07 Å². The Balaban J connectivity index is 3.18. The Morgan fingerprint density at radius 1 is 1.70 bits per heavy atom. The second-order valence-corrected chi connectivity index (χ2v) is 2.06. The molecule has 0 aliphatic heterocycles. The number of imidazole rings is 1. The van der Waals surface area contributed by atoms with Crippen LogP contribution in [0.3, 0.4) is 0 Å². The molecule has 0 saturated carbocycles. The fourth-order valence-electron chi connectivity index (χ4n) is 0.894. The summed E-state index contributed by atoms with van der Waals surface area (Å²) in [5, 5.41) is 3.23. The summed E-state index contributed by atoms with van der Waals surface area (Å²) < 4.78 is 1.54. The SMILES string of the molecule is C=c1cnc2cc(=O)[nH]n12. The second-order valence-electron chi connectivity index (χ2n) is 2.06. The standard InChI is InChI=1S/C6H5N3O/c1-4-3-7-5-2-6(10)8-9(4)5/h2-3H,1H2,(H,8,10). The Hall–Kier alpha value is -1.58. The largest absolute Gasteiger partial charge is 0.268 e. The van der Waals surface area contributed by atoms with Gasteiger partial charge in [0.25, 0.3) is 5.56 Å². The molecule has 2 heterocycles. The van der Waals surface area contributed by atoms with Crippen molar-refractivity contribution in [2.24, 2.45) is 0 Å². The molecule has 0 aliphatic rings. The van der Waals surface area contributed by atoms with Gasteiger partial charge in [-0.2, -0.15) is 0 Å². The summed E-state index contributed by atoms with van der Waals surface area (Å²) in [5.41, 5.74) is 0.475. The lowest BCUT2D eigenvalue weighted by atomic mass is 10.7. The van der Waals surface area contributed by atoms with E-state index in [1.54, 1.807) is 10.7 Å². The quantitative estimate of drug-likeness (QED) is 0.511. The van der Waals surface area contributed by atoms with Crippen LogP contribution in [-0.2, 0) is 0 Å². The summed E-state index contributed by atoms with van der Waals surface area (Å²) in [6.07, 6.45) is 1.60. The zero-order chi connectivity index (χ0) is 7.14. The van der Waals surface area contributed by atoms with Crippen molar-refractivity contribution >= 4 is 12.2 Å². The molecule has 0 fully saturated rings. The first-order chi connectivity index (χ1) is 4.77. The van der Waals surface area contributed by atoms with Crippen molar-refractivity contribution in [3.05, 3.63) is 28.0 Å². The van der Waals surface area contributed by atoms with E-state index < -0.39 is 0 Å². The monoisotopic (exact) mass is 135 g/mol. The Bertz CT molecular complexity index is 453. The first-order valence-electron chi connectivity index (χ1n) is 2.83. The van der Waals surface area contributed by atoms with Gasteiger partial charge in [0.2, 0.25) is 0 Å². The minimum absolute atomic E-state index is 0.145. The molecular weight excluding hydrogens is 130 g/mol. The van der Waals surface area contributed by atoms with E-state index in [1.165, 1.54) is 6.07 Å². The number of aromatic amines is 1. The molecule has 0 bridgehead atoms.